The van der Waals surface area contributed by atoms with Crippen molar-refractivity contribution in [1.29, 1.82) is 0 Å². The Bertz CT molecular complexity index is 1970. The van der Waals surface area contributed by atoms with Crippen LogP contribution in [0.2, 0.25) is 0 Å². The molecule has 0 bridgehead atoms. The molecule has 8 nitrogen and oxygen atoms in total. The summed E-state index contributed by atoms with van der Waals surface area (Å²) in [5.41, 5.74) is -1.06. The first-order valence-corrected chi connectivity index (χ1v) is 11.9. The van der Waals surface area contributed by atoms with E-state index in [0.717, 1.165) is 22.8 Å². The molecule has 7 rings (SSSR count). The highest BCUT2D eigenvalue weighted by atomic mass is 19.2. The fourth-order valence-corrected chi connectivity index (χ4v) is 5.87. The monoisotopic (exact) mass is 563 g/mol. The second-order valence-electron chi connectivity index (χ2n) is 9.74. The summed E-state index contributed by atoms with van der Waals surface area (Å²) < 4.78 is 92.4. The summed E-state index contributed by atoms with van der Waals surface area (Å²) in [6.07, 6.45) is -10.3. The van der Waals surface area contributed by atoms with Crippen LogP contribution in [0.4, 0.5) is 26.3 Å². The number of aromatic nitrogens is 2. The Morgan fingerprint density at radius 2 is 1.45 bits per heavy atom. The summed E-state index contributed by atoms with van der Waals surface area (Å²) >= 11 is 0. The largest absolute Gasteiger partial charge is 0.387 e. The molecule has 1 fully saturated rings. The topological polar surface area (TPSA) is 117 Å². The molecule has 40 heavy (non-hydrogen) atoms. The SMILES string of the molecule is O=C1NC(=O)c2c1c1c3cc(F)c(F)cc3[nH]c1c1c2c2cc(F)c(F)cc2n1C1O[C@H](CF)[C@@H](F)[C@H](O)[C@H]1O. The lowest BCUT2D eigenvalue weighted by molar-refractivity contribution is -0.229. The fourth-order valence-electron chi connectivity index (χ4n) is 5.87. The van der Waals surface area contributed by atoms with E-state index in [1.165, 1.54) is 0 Å². The molecule has 5 atom stereocenters. The van der Waals surface area contributed by atoms with Crippen molar-refractivity contribution in [1.82, 2.24) is 14.9 Å². The number of fused-ring (bicyclic) bond motifs is 10. The molecule has 0 saturated carbocycles. The van der Waals surface area contributed by atoms with Gasteiger partial charge < -0.3 is 24.5 Å². The zero-order valence-corrected chi connectivity index (χ0v) is 19.7. The Balaban J connectivity index is 1.74. The highest BCUT2D eigenvalue weighted by molar-refractivity contribution is 6.39. The number of nitrogens with zero attached hydrogens (tertiary/aromatic N) is 1. The van der Waals surface area contributed by atoms with Gasteiger partial charge in [-0.2, -0.15) is 0 Å². The highest BCUT2D eigenvalue weighted by Crippen LogP contribution is 2.46. The van der Waals surface area contributed by atoms with Gasteiger partial charge >= 0.3 is 0 Å². The van der Waals surface area contributed by atoms with Crippen molar-refractivity contribution in [2.45, 2.75) is 30.7 Å². The Morgan fingerprint density at radius 3 is 2.12 bits per heavy atom. The summed E-state index contributed by atoms with van der Waals surface area (Å²) in [5, 5.41) is 22.9. The van der Waals surface area contributed by atoms with Crippen molar-refractivity contribution in [3.05, 3.63) is 58.7 Å². The van der Waals surface area contributed by atoms with Crippen molar-refractivity contribution < 1.29 is 50.9 Å². The van der Waals surface area contributed by atoms with E-state index < -0.39 is 72.5 Å². The van der Waals surface area contributed by atoms with Gasteiger partial charge in [0, 0.05) is 39.2 Å². The number of carbonyl (C=O) groups excluding carboxylic acids is 2. The summed E-state index contributed by atoms with van der Waals surface area (Å²) in [6, 6.07) is 3.00. The van der Waals surface area contributed by atoms with Gasteiger partial charge in [0.1, 0.15) is 25.0 Å². The highest BCUT2D eigenvalue weighted by Gasteiger charge is 2.47. The van der Waals surface area contributed by atoms with Crippen molar-refractivity contribution in [3.8, 4) is 0 Å². The maximum absolute atomic E-state index is 14.6. The zero-order valence-electron chi connectivity index (χ0n) is 19.7. The molecule has 4 heterocycles. The van der Waals surface area contributed by atoms with Crippen LogP contribution in [0.5, 0.6) is 0 Å². The van der Waals surface area contributed by atoms with Gasteiger partial charge in [0.2, 0.25) is 0 Å². The van der Waals surface area contributed by atoms with E-state index in [1.54, 1.807) is 0 Å². The van der Waals surface area contributed by atoms with Gasteiger partial charge in [-0.25, -0.2) is 26.3 Å². The number of amides is 2. The molecule has 1 saturated heterocycles. The Labute approximate surface area is 217 Å². The molecule has 1 unspecified atom stereocenters. The Hall–Kier alpha value is -4.14. The van der Waals surface area contributed by atoms with E-state index in [4.69, 9.17) is 4.74 Å². The van der Waals surface area contributed by atoms with E-state index in [9.17, 15) is 46.1 Å². The number of aromatic amines is 1. The smallest absolute Gasteiger partial charge is 0.259 e. The molecule has 2 amide bonds. The minimum atomic E-state index is -2.34. The summed E-state index contributed by atoms with van der Waals surface area (Å²) in [6.45, 7) is -1.42. The van der Waals surface area contributed by atoms with Gasteiger partial charge in [-0.15, -0.1) is 0 Å². The molecular weight excluding hydrogens is 548 g/mol. The van der Waals surface area contributed by atoms with Gasteiger partial charge in [0.25, 0.3) is 11.8 Å². The number of rotatable bonds is 2. The Morgan fingerprint density at radius 1 is 0.850 bits per heavy atom. The van der Waals surface area contributed by atoms with E-state index in [2.05, 4.69) is 10.3 Å². The lowest BCUT2D eigenvalue weighted by atomic mass is 9.96. The van der Waals surface area contributed by atoms with Crippen LogP contribution in [0, 0.1) is 23.3 Å². The van der Waals surface area contributed by atoms with Gasteiger partial charge in [0.15, 0.2) is 35.7 Å². The predicted molar refractivity (Wildman–Crippen MR) is 127 cm³/mol. The molecule has 0 spiro atoms. The molecular formula is C26H15F6N3O5. The maximum Gasteiger partial charge on any atom is 0.259 e. The summed E-state index contributed by atoms with van der Waals surface area (Å²) in [5.74, 6) is -7.08. The molecule has 2 aliphatic rings. The van der Waals surface area contributed by atoms with Crippen molar-refractivity contribution in [3.63, 3.8) is 0 Å². The van der Waals surface area contributed by atoms with E-state index in [-0.39, 0.29) is 54.7 Å². The van der Waals surface area contributed by atoms with Crippen LogP contribution in [0.3, 0.4) is 0 Å². The zero-order chi connectivity index (χ0) is 28.4. The number of ether oxygens (including phenoxy) is 1. The van der Waals surface area contributed by atoms with Gasteiger partial charge in [-0.1, -0.05) is 0 Å². The molecule has 5 aromatic rings. The number of halogens is 6. The third-order valence-corrected chi connectivity index (χ3v) is 7.60. The first-order chi connectivity index (χ1) is 19.0. The summed E-state index contributed by atoms with van der Waals surface area (Å²) in [7, 11) is 0. The van der Waals surface area contributed by atoms with Gasteiger partial charge in [-0.3, -0.25) is 14.9 Å². The van der Waals surface area contributed by atoms with Crippen molar-refractivity contribution in [2.24, 2.45) is 0 Å². The standard InChI is InChI=1S/C26H15F6N3O5/c27-5-14-19(32)22(36)23(37)26(40-14)35-13-4-11(31)9(29)2-7(13)16-18-17(24(38)34-25(18)39)15-6-1-8(28)10(30)3-12(6)33-20(15)21(16)35/h1-4,14,19,22-23,26,33,36-37H,5H2,(H,34,38,39)/t14-,19-,22+,23-,26?/m1/s1. The van der Waals surface area contributed by atoms with Crippen molar-refractivity contribution >= 4 is 55.4 Å². The minimum absolute atomic E-state index is 0.0262. The number of benzene rings is 3. The van der Waals surface area contributed by atoms with E-state index in [1.807, 2.05) is 0 Å². The van der Waals surface area contributed by atoms with Crippen LogP contribution in [0.25, 0.3) is 43.6 Å². The average molecular weight is 563 g/mol. The number of H-pyrrole nitrogens is 1. The van der Waals surface area contributed by atoms with Gasteiger partial charge in [0.05, 0.1) is 27.7 Å². The first kappa shape index (κ1) is 24.9. The lowest BCUT2D eigenvalue weighted by Crippen LogP contribution is -2.54. The number of hydrogen-bond acceptors (Lipinski definition) is 5. The normalized spacial score (nSPS) is 25.1. The third kappa shape index (κ3) is 3.03. The molecule has 4 N–H and O–H groups in total. The summed E-state index contributed by atoms with van der Waals surface area (Å²) in [4.78, 5) is 28.9. The number of alkyl halides is 2. The van der Waals surface area contributed by atoms with E-state index in [0.29, 0.717) is 6.07 Å². The average Bonchev–Trinajstić information content (AvgIpc) is 3.52. The second kappa shape index (κ2) is 8.19. The number of aliphatic hydroxyl groups is 2. The van der Waals surface area contributed by atoms with Crippen molar-refractivity contribution in [2.75, 3.05) is 6.67 Å². The molecule has 2 aliphatic heterocycles. The molecule has 0 aliphatic carbocycles. The van der Waals surface area contributed by atoms with Crippen LogP contribution in [-0.4, -0.2) is 62.7 Å². The van der Waals surface area contributed by atoms with Crippen LogP contribution in [0.15, 0.2) is 24.3 Å². The number of imide groups is 1. The Kier molecular flexibility index (Phi) is 5.09. The molecule has 206 valence electrons. The van der Waals surface area contributed by atoms with Crippen LogP contribution in [0.1, 0.15) is 26.9 Å². The predicted octanol–water partition coefficient (Wildman–Crippen LogP) is 3.80. The first-order valence-electron chi connectivity index (χ1n) is 11.9. The van der Waals surface area contributed by atoms with Crippen LogP contribution >= 0.6 is 0 Å². The van der Waals surface area contributed by atoms with E-state index >= 15 is 0 Å². The number of aliphatic hydroxyl groups excluding tert-OH is 2. The lowest BCUT2D eigenvalue weighted by Gasteiger charge is -2.39. The van der Waals surface area contributed by atoms with Gasteiger partial charge in [-0.05, 0) is 12.1 Å². The molecule has 14 heteroatoms. The molecule has 2 aromatic heterocycles. The fraction of sp³-hybridized carbons (Fsp3) is 0.231. The van der Waals surface area contributed by atoms with Crippen LogP contribution < -0.4 is 5.32 Å². The molecule has 3 aromatic carbocycles. The number of hydrogen-bond donors (Lipinski definition) is 4. The molecule has 0 radical (unpaired) electrons. The maximum atomic E-state index is 14.6. The number of nitrogens with one attached hydrogen (secondary N) is 2. The second-order valence-corrected chi connectivity index (χ2v) is 9.74. The minimum Gasteiger partial charge on any atom is -0.387 e. The van der Waals surface area contributed by atoms with Crippen LogP contribution in [-0.2, 0) is 4.74 Å². The third-order valence-electron chi connectivity index (χ3n) is 7.60. The number of carbonyl (C=O) groups is 2. The quantitative estimate of drug-likeness (QED) is 0.193.